The van der Waals surface area contributed by atoms with Gasteiger partial charge in [-0.3, -0.25) is 4.79 Å². The summed E-state index contributed by atoms with van der Waals surface area (Å²) in [5, 5.41) is 0. The second-order valence-corrected chi connectivity index (χ2v) is 6.58. The molecule has 1 aromatic heterocycles. The number of imide groups is 1. The smallest absolute Gasteiger partial charge is 0.420 e. The number of cyclic esters (lactones) is 1. The molecule has 0 saturated carbocycles. The van der Waals surface area contributed by atoms with Crippen LogP contribution in [-0.2, 0) is 15.7 Å². The third kappa shape index (κ3) is 4.12. The fraction of sp³-hybridized carbons (Fsp3) is 0.533. The number of ether oxygens (including phenoxy) is 2. The largest absolute Gasteiger partial charge is 0.443 e. The molecule has 2 atom stereocenters. The predicted molar refractivity (Wildman–Crippen MR) is 78.8 cm³/mol. The van der Waals surface area contributed by atoms with Crippen molar-refractivity contribution in [2.75, 3.05) is 0 Å². The number of amides is 2. The van der Waals surface area contributed by atoms with Crippen LogP contribution >= 0.6 is 0 Å². The van der Waals surface area contributed by atoms with E-state index in [1.54, 1.807) is 20.8 Å². The topological polar surface area (TPSA) is 88.7 Å². The lowest BCUT2D eigenvalue weighted by atomic mass is 10.1. The third-order valence-corrected chi connectivity index (χ3v) is 3.36. The first-order chi connectivity index (χ1) is 11.3. The van der Waals surface area contributed by atoms with Crippen molar-refractivity contribution in [3.05, 3.63) is 33.7 Å². The molecule has 7 nitrogen and oxygen atoms in total. The van der Waals surface area contributed by atoms with Gasteiger partial charge in [0.2, 0.25) is 5.56 Å². The lowest BCUT2D eigenvalue weighted by molar-refractivity contribution is -0.137. The van der Waals surface area contributed by atoms with Gasteiger partial charge >= 0.3 is 18.4 Å². The van der Waals surface area contributed by atoms with Crippen LogP contribution in [0.4, 0.5) is 22.8 Å². The molecule has 1 fully saturated rings. The van der Waals surface area contributed by atoms with Crippen molar-refractivity contribution < 1.29 is 32.2 Å². The SMILES string of the molecule is CC1C(c2cc(C(F)(F)F)cc(=O)[nH]2)OC(=O)N1C(=O)OC(C)(C)C. The van der Waals surface area contributed by atoms with Crippen LogP contribution in [0.3, 0.4) is 0 Å². The van der Waals surface area contributed by atoms with E-state index in [0.29, 0.717) is 17.0 Å². The number of aromatic amines is 1. The first-order valence-corrected chi connectivity index (χ1v) is 7.34. The third-order valence-electron chi connectivity index (χ3n) is 3.36. The van der Waals surface area contributed by atoms with E-state index in [4.69, 9.17) is 9.47 Å². The molecular weight excluding hydrogens is 345 g/mol. The summed E-state index contributed by atoms with van der Waals surface area (Å²) in [6, 6.07) is 0.104. The second-order valence-electron chi connectivity index (χ2n) is 6.58. The Morgan fingerprint density at radius 2 is 1.84 bits per heavy atom. The highest BCUT2D eigenvalue weighted by molar-refractivity contribution is 5.90. The monoisotopic (exact) mass is 362 g/mol. The Balaban J connectivity index is 2.34. The van der Waals surface area contributed by atoms with Crippen molar-refractivity contribution in [2.24, 2.45) is 0 Å². The minimum absolute atomic E-state index is 0.258. The van der Waals surface area contributed by atoms with Crippen molar-refractivity contribution in [3.63, 3.8) is 0 Å². The van der Waals surface area contributed by atoms with Gasteiger partial charge in [0.1, 0.15) is 5.60 Å². The molecule has 10 heteroatoms. The van der Waals surface area contributed by atoms with Crippen molar-refractivity contribution in [2.45, 2.75) is 51.6 Å². The highest BCUT2D eigenvalue weighted by Crippen LogP contribution is 2.35. The summed E-state index contributed by atoms with van der Waals surface area (Å²) in [6.45, 7) is 6.19. The summed E-state index contributed by atoms with van der Waals surface area (Å²) >= 11 is 0. The van der Waals surface area contributed by atoms with E-state index in [9.17, 15) is 27.6 Å². The van der Waals surface area contributed by atoms with Gasteiger partial charge in [0.05, 0.1) is 17.3 Å². The molecule has 1 aliphatic heterocycles. The molecule has 25 heavy (non-hydrogen) atoms. The van der Waals surface area contributed by atoms with Crippen molar-refractivity contribution >= 4 is 12.2 Å². The van der Waals surface area contributed by atoms with Gasteiger partial charge in [-0.25, -0.2) is 14.5 Å². The van der Waals surface area contributed by atoms with Crippen LogP contribution in [0.5, 0.6) is 0 Å². The number of halogens is 3. The number of alkyl halides is 3. The van der Waals surface area contributed by atoms with Crippen molar-refractivity contribution in [1.29, 1.82) is 0 Å². The molecule has 2 amide bonds. The average Bonchev–Trinajstić information content (AvgIpc) is 2.70. The average molecular weight is 362 g/mol. The van der Waals surface area contributed by atoms with E-state index < -0.39 is 47.2 Å². The van der Waals surface area contributed by atoms with Gasteiger partial charge in [0.15, 0.2) is 6.10 Å². The van der Waals surface area contributed by atoms with Crippen LogP contribution in [0.2, 0.25) is 0 Å². The number of nitrogens with zero attached hydrogens (tertiary/aromatic N) is 1. The number of hydrogen-bond donors (Lipinski definition) is 1. The molecule has 138 valence electrons. The normalized spacial score (nSPS) is 21.2. The van der Waals surface area contributed by atoms with Gasteiger partial charge < -0.3 is 14.5 Å². The first kappa shape index (κ1) is 18.8. The van der Waals surface area contributed by atoms with Crippen LogP contribution < -0.4 is 5.56 Å². The lowest BCUT2D eigenvalue weighted by Gasteiger charge is -2.24. The number of pyridine rings is 1. The Hall–Kier alpha value is -2.52. The number of H-pyrrole nitrogens is 1. The minimum atomic E-state index is -4.74. The number of carbonyl (C=O) groups excluding carboxylic acids is 2. The molecule has 1 N–H and O–H groups in total. The molecule has 2 rings (SSSR count). The summed E-state index contributed by atoms with van der Waals surface area (Å²) < 4.78 is 48.6. The summed E-state index contributed by atoms with van der Waals surface area (Å²) in [4.78, 5) is 38.4. The molecule has 1 saturated heterocycles. The molecule has 0 aliphatic carbocycles. The molecule has 2 heterocycles. The Morgan fingerprint density at radius 1 is 1.24 bits per heavy atom. The van der Waals surface area contributed by atoms with Crippen LogP contribution in [0.25, 0.3) is 0 Å². The van der Waals surface area contributed by atoms with E-state index in [1.165, 1.54) is 6.92 Å². The maximum Gasteiger partial charge on any atom is 0.420 e. The molecule has 1 aromatic rings. The van der Waals surface area contributed by atoms with Crippen LogP contribution in [-0.4, -0.2) is 33.7 Å². The molecular formula is C15H17F3N2O5. The summed E-state index contributed by atoms with van der Waals surface area (Å²) in [5.74, 6) is 0. The van der Waals surface area contributed by atoms with Gasteiger partial charge in [0.25, 0.3) is 0 Å². The number of nitrogens with one attached hydrogen (secondary N) is 1. The highest BCUT2D eigenvalue weighted by Gasteiger charge is 2.46. The van der Waals surface area contributed by atoms with Gasteiger partial charge in [-0.15, -0.1) is 0 Å². The van der Waals surface area contributed by atoms with Gasteiger partial charge in [-0.2, -0.15) is 13.2 Å². The Kier molecular flexibility index (Phi) is 4.58. The molecule has 0 spiro atoms. The van der Waals surface area contributed by atoms with Crippen molar-refractivity contribution in [1.82, 2.24) is 9.88 Å². The molecule has 2 unspecified atom stereocenters. The predicted octanol–water partition coefficient (Wildman–Crippen LogP) is 3.21. The quantitative estimate of drug-likeness (QED) is 0.829. The maximum absolute atomic E-state index is 12.9. The summed E-state index contributed by atoms with van der Waals surface area (Å²) in [7, 11) is 0. The maximum atomic E-state index is 12.9. The van der Waals surface area contributed by atoms with Crippen LogP contribution in [0.1, 0.15) is 45.1 Å². The number of carbonyl (C=O) groups is 2. The fourth-order valence-electron chi connectivity index (χ4n) is 2.32. The fourth-order valence-corrected chi connectivity index (χ4v) is 2.32. The highest BCUT2D eigenvalue weighted by atomic mass is 19.4. The zero-order chi connectivity index (χ0) is 19.2. The van der Waals surface area contributed by atoms with E-state index >= 15 is 0 Å². The van der Waals surface area contributed by atoms with E-state index in [2.05, 4.69) is 4.98 Å². The summed E-state index contributed by atoms with van der Waals surface area (Å²) in [5.41, 5.74) is -3.31. The zero-order valence-electron chi connectivity index (χ0n) is 13.9. The lowest BCUT2D eigenvalue weighted by Crippen LogP contribution is -2.41. The van der Waals surface area contributed by atoms with E-state index in [0.717, 1.165) is 0 Å². The van der Waals surface area contributed by atoms with Crippen LogP contribution in [0, 0.1) is 0 Å². The van der Waals surface area contributed by atoms with Crippen LogP contribution in [0.15, 0.2) is 16.9 Å². The first-order valence-electron chi connectivity index (χ1n) is 7.34. The molecule has 0 radical (unpaired) electrons. The number of aromatic nitrogens is 1. The van der Waals surface area contributed by atoms with Gasteiger partial charge in [-0.1, -0.05) is 0 Å². The Morgan fingerprint density at radius 3 is 2.36 bits per heavy atom. The second kappa shape index (κ2) is 6.08. The Bertz CT molecular complexity index is 751. The zero-order valence-corrected chi connectivity index (χ0v) is 13.9. The summed E-state index contributed by atoms with van der Waals surface area (Å²) in [6.07, 6.45) is -8.04. The van der Waals surface area contributed by atoms with E-state index in [1.807, 2.05) is 0 Å². The minimum Gasteiger partial charge on any atom is -0.443 e. The van der Waals surface area contributed by atoms with Gasteiger partial charge in [-0.05, 0) is 33.8 Å². The van der Waals surface area contributed by atoms with Gasteiger partial charge in [0, 0.05) is 6.07 Å². The number of rotatable bonds is 1. The Labute approximate surface area is 140 Å². The van der Waals surface area contributed by atoms with E-state index in [-0.39, 0.29) is 5.69 Å². The molecule has 1 aliphatic rings. The van der Waals surface area contributed by atoms with Crippen molar-refractivity contribution in [3.8, 4) is 0 Å². The molecule has 0 bridgehead atoms. The molecule has 0 aromatic carbocycles. The number of hydrogen-bond acceptors (Lipinski definition) is 5. The standard InChI is InChI=1S/C15H17F3N2O5/c1-7-11(9-5-8(15(16,17)18)6-10(21)19-9)24-12(22)20(7)13(23)25-14(2,3)4/h5-7,11H,1-4H3,(H,19,21).